The molecule has 0 aliphatic heterocycles. The second kappa shape index (κ2) is 47.6. The van der Waals surface area contributed by atoms with E-state index in [1.807, 2.05) is 0 Å². The van der Waals surface area contributed by atoms with Crippen LogP contribution in [-0.2, 0) is 19.6 Å². The fraction of sp³-hybridized carbons (Fsp3) is 0.786. The third-order valence-electron chi connectivity index (χ3n) is 12.5. The van der Waals surface area contributed by atoms with Crippen molar-refractivity contribution in [3.05, 3.63) is 53.6 Å². The van der Waals surface area contributed by atoms with Gasteiger partial charge in [-0.05, 0) is 76.3 Å². The van der Waals surface area contributed by atoms with Crippen molar-refractivity contribution in [1.29, 1.82) is 0 Å². The third-order valence-corrected chi connectivity index (χ3v) is 13.4. The van der Waals surface area contributed by atoms with Crippen molar-refractivity contribution in [2.45, 2.75) is 276 Å². The van der Waals surface area contributed by atoms with Gasteiger partial charge in [-0.25, -0.2) is 18.0 Å². The predicted octanol–water partition coefficient (Wildman–Crippen LogP) is 14.7. The van der Waals surface area contributed by atoms with Crippen LogP contribution in [0.15, 0.2) is 47.4 Å². The molecule has 0 aromatic heterocycles. The van der Waals surface area contributed by atoms with Gasteiger partial charge in [0.2, 0.25) is 0 Å². The molecule has 0 saturated carbocycles. The van der Waals surface area contributed by atoms with E-state index in [2.05, 4.69) is 38.2 Å². The Morgan fingerprint density at radius 2 is 0.708 bits per heavy atom. The van der Waals surface area contributed by atoms with E-state index >= 15 is 0 Å². The molecule has 65 heavy (non-hydrogen) atoms. The molecule has 0 spiro atoms. The van der Waals surface area contributed by atoms with Crippen molar-refractivity contribution in [3.63, 3.8) is 0 Å². The van der Waals surface area contributed by atoms with Crippen LogP contribution in [0.25, 0.3) is 0 Å². The Bertz CT molecular complexity index is 1410. The standard InChI is InChI=1S/C56H98O7S.Na/c1-3-5-7-9-11-13-15-17-19-21-23-25-27-29-31-33-35-37-39-41-43-45-50-62-55(57)52-48-47-49-53(64(59,60)61)54(52)56(58)63-51-46-44-42-40-38-36-34-32-30-28-26-24-22-20-18-16-14-12-10-8-6-4-2;/h19-22,47-49H,3-18,23-46,50-51H2,1-2H3,(H,59,60,61);/q;+1/p-1/b21-19+,22-20+;. The maximum Gasteiger partial charge on any atom is 1.00 e. The van der Waals surface area contributed by atoms with Gasteiger partial charge in [-0.3, -0.25) is 0 Å². The minimum absolute atomic E-state index is 0. The van der Waals surface area contributed by atoms with Crippen LogP contribution < -0.4 is 29.6 Å². The first-order valence-corrected chi connectivity index (χ1v) is 28.5. The Morgan fingerprint density at radius 3 is 1.02 bits per heavy atom. The smallest absolute Gasteiger partial charge is 0.744 e. The number of esters is 2. The van der Waals surface area contributed by atoms with Crippen LogP contribution in [0.1, 0.15) is 291 Å². The van der Waals surface area contributed by atoms with Crippen molar-refractivity contribution in [2.75, 3.05) is 13.2 Å². The summed E-state index contributed by atoms with van der Waals surface area (Å²) in [6.45, 7) is 4.79. The van der Waals surface area contributed by atoms with Gasteiger partial charge in [0.05, 0.1) is 29.2 Å². The molecule has 0 bridgehead atoms. The number of ether oxygens (including phenoxy) is 2. The van der Waals surface area contributed by atoms with E-state index in [1.54, 1.807) is 0 Å². The van der Waals surface area contributed by atoms with E-state index in [1.165, 1.54) is 218 Å². The first kappa shape index (κ1) is 63.5. The zero-order valence-corrected chi connectivity index (χ0v) is 45.3. The van der Waals surface area contributed by atoms with Crippen molar-refractivity contribution in [2.24, 2.45) is 0 Å². The summed E-state index contributed by atoms with van der Waals surface area (Å²) >= 11 is 0. The molecule has 0 N–H and O–H groups in total. The molecule has 0 aliphatic carbocycles. The Balaban J connectivity index is 0.0000410. The van der Waals surface area contributed by atoms with Gasteiger partial charge in [0.25, 0.3) is 0 Å². The second-order valence-corrected chi connectivity index (χ2v) is 19.9. The maximum absolute atomic E-state index is 13.1. The Morgan fingerprint density at radius 1 is 0.431 bits per heavy atom. The first-order chi connectivity index (χ1) is 31.3. The van der Waals surface area contributed by atoms with E-state index in [0.29, 0.717) is 12.8 Å². The van der Waals surface area contributed by atoms with E-state index in [0.717, 1.165) is 44.6 Å². The normalized spacial score (nSPS) is 11.7. The zero-order valence-electron chi connectivity index (χ0n) is 42.5. The molecule has 1 rings (SSSR count). The maximum atomic E-state index is 13.1. The topological polar surface area (TPSA) is 110 Å². The van der Waals surface area contributed by atoms with Gasteiger partial charge in [0.1, 0.15) is 10.1 Å². The summed E-state index contributed by atoms with van der Waals surface area (Å²) in [6.07, 6.45) is 59.1. The molecule has 0 fully saturated rings. The fourth-order valence-electron chi connectivity index (χ4n) is 8.42. The minimum atomic E-state index is -5.02. The molecular formula is C56H97NaO7S. The average molecular weight is 937 g/mol. The second-order valence-electron chi connectivity index (χ2n) is 18.5. The molecule has 1 aromatic rings. The van der Waals surface area contributed by atoms with Crippen molar-refractivity contribution < 1.29 is 61.6 Å². The van der Waals surface area contributed by atoms with Crippen LogP contribution in [0.5, 0.6) is 0 Å². The van der Waals surface area contributed by atoms with Gasteiger partial charge in [0.15, 0.2) is 0 Å². The summed E-state index contributed by atoms with van der Waals surface area (Å²) in [5.41, 5.74) is -0.771. The van der Waals surface area contributed by atoms with E-state index in [-0.39, 0.29) is 48.3 Å². The Kier molecular flexibility index (Phi) is 46.5. The SMILES string of the molecule is CCCCCCCCC/C=C/CCCCCCCCCCCCCOC(=O)c1cccc(S(=O)(=O)[O-])c1C(=O)OCCCCCCCCCCCCC/C=C/CCCCCCCCC.[Na+]. The molecule has 0 saturated heterocycles. The summed E-state index contributed by atoms with van der Waals surface area (Å²) < 4.78 is 47.0. The van der Waals surface area contributed by atoms with Crippen molar-refractivity contribution in [3.8, 4) is 0 Å². The molecule has 0 atom stereocenters. The number of allylic oxidation sites excluding steroid dienone is 4. The van der Waals surface area contributed by atoms with Crippen LogP contribution in [0.2, 0.25) is 0 Å². The van der Waals surface area contributed by atoms with Crippen molar-refractivity contribution >= 4 is 22.1 Å². The van der Waals surface area contributed by atoms with Crippen LogP contribution >= 0.6 is 0 Å². The fourth-order valence-corrected chi connectivity index (χ4v) is 9.11. The number of rotatable bonds is 47. The molecule has 0 aliphatic rings. The molecule has 7 nitrogen and oxygen atoms in total. The van der Waals surface area contributed by atoms with Crippen LogP contribution in [0.4, 0.5) is 0 Å². The van der Waals surface area contributed by atoms with Gasteiger partial charge in [-0.2, -0.15) is 0 Å². The van der Waals surface area contributed by atoms with Gasteiger partial charge in [0, 0.05) is 0 Å². The molecule has 1 aromatic carbocycles. The number of benzene rings is 1. The summed E-state index contributed by atoms with van der Waals surface area (Å²) in [4.78, 5) is 25.4. The van der Waals surface area contributed by atoms with E-state index in [9.17, 15) is 22.6 Å². The Labute approximate surface area is 423 Å². The summed E-state index contributed by atoms with van der Waals surface area (Å²) in [5.74, 6) is -1.80. The largest absolute Gasteiger partial charge is 1.00 e. The van der Waals surface area contributed by atoms with Gasteiger partial charge in [-0.15, -0.1) is 0 Å². The zero-order chi connectivity index (χ0) is 46.4. The number of hydrogen-bond acceptors (Lipinski definition) is 7. The third kappa shape index (κ3) is 39.1. The molecule has 0 unspecified atom stereocenters. The molecule has 370 valence electrons. The minimum Gasteiger partial charge on any atom is -0.744 e. The van der Waals surface area contributed by atoms with Gasteiger partial charge in [-0.1, -0.05) is 237 Å². The average Bonchev–Trinajstić information content (AvgIpc) is 3.28. The van der Waals surface area contributed by atoms with Crippen LogP contribution in [0.3, 0.4) is 0 Å². The van der Waals surface area contributed by atoms with Crippen LogP contribution in [-0.4, -0.2) is 38.1 Å². The van der Waals surface area contributed by atoms with Gasteiger partial charge >= 0.3 is 41.5 Å². The van der Waals surface area contributed by atoms with Crippen LogP contribution in [0, 0.1) is 0 Å². The monoisotopic (exact) mass is 937 g/mol. The molecule has 0 radical (unpaired) electrons. The number of unbranched alkanes of at least 4 members (excludes halogenated alkanes) is 36. The number of carbonyl (C=O) groups excluding carboxylic acids is 2. The van der Waals surface area contributed by atoms with Crippen molar-refractivity contribution in [1.82, 2.24) is 0 Å². The molecule has 9 heteroatoms. The molecule has 0 heterocycles. The van der Waals surface area contributed by atoms with E-state index in [4.69, 9.17) is 9.47 Å². The quantitative estimate of drug-likeness (QED) is 0.0210. The summed E-state index contributed by atoms with van der Waals surface area (Å²) in [6, 6.07) is 3.65. The number of carbonyl (C=O) groups is 2. The number of hydrogen-bond donors (Lipinski definition) is 0. The summed E-state index contributed by atoms with van der Waals surface area (Å²) in [5, 5.41) is 0. The summed E-state index contributed by atoms with van der Waals surface area (Å²) in [7, 11) is -5.02. The first-order valence-electron chi connectivity index (χ1n) is 27.1. The predicted molar refractivity (Wildman–Crippen MR) is 269 cm³/mol. The molecular weight excluding hydrogens is 840 g/mol. The Hall–Kier alpha value is -1.45. The van der Waals surface area contributed by atoms with E-state index < -0.39 is 32.5 Å². The van der Waals surface area contributed by atoms with Gasteiger partial charge < -0.3 is 14.0 Å². The molecule has 0 amide bonds.